The van der Waals surface area contributed by atoms with Crippen LogP contribution in [0.15, 0.2) is 0 Å². The Morgan fingerprint density at radius 1 is 1.53 bits per heavy atom. The van der Waals surface area contributed by atoms with Crippen LogP contribution in [0.2, 0.25) is 0 Å². The molecule has 3 nitrogen and oxygen atoms in total. The van der Waals surface area contributed by atoms with Crippen LogP contribution in [0.25, 0.3) is 0 Å². The maximum absolute atomic E-state index is 11.3. The van der Waals surface area contributed by atoms with Crippen molar-refractivity contribution in [1.29, 1.82) is 0 Å². The standard InChI is InChI=1S/C14H26N2O/c1-4-5-6-7-10(2)14-9-13(14,3)8-11(16-14)12(15)17/h10-11,16H,4-9H2,1-3H3,(H2,15,17)/t10-,11?,13?,14?/m0/s1. The summed E-state index contributed by atoms with van der Waals surface area (Å²) in [6.45, 7) is 6.87. The number of rotatable bonds is 6. The minimum absolute atomic E-state index is 0.0950. The molecule has 3 N–H and O–H groups in total. The second kappa shape index (κ2) is 4.27. The fraction of sp³-hybridized carbons (Fsp3) is 0.929. The van der Waals surface area contributed by atoms with Crippen LogP contribution in [0.3, 0.4) is 0 Å². The lowest BCUT2D eigenvalue weighted by atomic mass is 9.88. The second-order valence-corrected chi connectivity index (χ2v) is 6.41. The summed E-state index contributed by atoms with van der Waals surface area (Å²) in [5, 5.41) is 3.53. The molecule has 17 heavy (non-hydrogen) atoms. The summed E-state index contributed by atoms with van der Waals surface area (Å²) < 4.78 is 0. The number of primary amides is 1. The number of nitrogens with one attached hydrogen (secondary N) is 1. The van der Waals surface area contributed by atoms with Gasteiger partial charge in [0.15, 0.2) is 0 Å². The summed E-state index contributed by atoms with van der Waals surface area (Å²) in [5.41, 5.74) is 5.95. The molecule has 3 heteroatoms. The van der Waals surface area contributed by atoms with Crippen LogP contribution in [0, 0.1) is 11.3 Å². The van der Waals surface area contributed by atoms with Gasteiger partial charge in [0.05, 0.1) is 6.04 Å². The third-order valence-corrected chi connectivity index (χ3v) is 5.13. The number of carbonyl (C=O) groups excluding carboxylic acids is 1. The quantitative estimate of drug-likeness (QED) is 0.697. The number of amides is 1. The van der Waals surface area contributed by atoms with E-state index in [-0.39, 0.29) is 17.5 Å². The number of nitrogens with two attached hydrogens (primary N) is 1. The van der Waals surface area contributed by atoms with Gasteiger partial charge in [-0.1, -0.05) is 40.0 Å². The lowest BCUT2D eigenvalue weighted by Crippen LogP contribution is -2.46. The molecule has 2 fully saturated rings. The summed E-state index contributed by atoms with van der Waals surface area (Å²) in [5.74, 6) is 0.474. The molecule has 98 valence electrons. The number of piperidine rings is 1. The van der Waals surface area contributed by atoms with E-state index in [9.17, 15) is 4.79 Å². The summed E-state index contributed by atoms with van der Waals surface area (Å²) in [6.07, 6.45) is 7.31. The van der Waals surface area contributed by atoms with Gasteiger partial charge in [-0.25, -0.2) is 0 Å². The molecule has 0 radical (unpaired) electrons. The zero-order valence-electron chi connectivity index (χ0n) is 11.4. The number of fused-ring (bicyclic) bond motifs is 1. The molecule has 1 aliphatic heterocycles. The molecule has 4 atom stereocenters. The Bertz CT molecular complexity index is 317. The molecule has 2 rings (SSSR count). The highest BCUT2D eigenvalue weighted by molar-refractivity contribution is 5.81. The van der Waals surface area contributed by atoms with Crippen LogP contribution in [-0.2, 0) is 4.79 Å². The number of hydrogen-bond donors (Lipinski definition) is 2. The van der Waals surface area contributed by atoms with E-state index in [0.717, 1.165) is 6.42 Å². The van der Waals surface area contributed by atoms with Crippen LogP contribution >= 0.6 is 0 Å². The Kier molecular flexibility index (Phi) is 3.23. The van der Waals surface area contributed by atoms with E-state index in [1.807, 2.05) is 0 Å². The van der Waals surface area contributed by atoms with E-state index in [2.05, 4.69) is 26.1 Å². The van der Waals surface area contributed by atoms with Crippen molar-refractivity contribution in [2.45, 2.75) is 70.9 Å². The summed E-state index contributed by atoms with van der Waals surface area (Å²) in [4.78, 5) is 11.3. The zero-order chi connectivity index (χ0) is 12.7. The molecule has 0 aromatic heterocycles. The van der Waals surface area contributed by atoms with Crippen molar-refractivity contribution in [2.24, 2.45) is 17.1 Å². The second-order valence-electron chi connectivity index (χ2n) is 6.41. The van der Waals surface area contributed by atoms with Crippen LogP contribution in [-0.4, -0.2) is 17.5 Å². The Morgan fingerprint density at radius 3 is 2.76 bits per heavy atom. The van der Waals surface area contributed by atoms with E-state index >= 15 is 0 Å². The molecule has 0 spiro atoms. The van der Waals surface area contributed by atoms with Gasteiger partial charge in [-0.2, -0.15) is 0 Å². The van der Waals surface area contributed by atoms with Gasteiger partial charge in [0.2, 0.25) is 5.91 Å². The van der Waals surface area contributed by atoms with Gasteiger partial charge >= 0.3 is 0 Å². The van der Waals surface area contributed by atoms with E-state index in [4.69, 9.17) is 5.73 Å². The van der Waals surface area contributed by atoms with Gasteiger partial charge in [-0.3, -0.25) is 10.1 Å². The van der Waals surface area contributed by atoms with E-state index in [0.29, 0.717) is 11.3 Å². The highest BCUT2D eigenvalue weighted by Crippen LogP contribution is 2.67. The minimum Gasteiger partial charge on any atom is -0.368 e. The average Bonchev–Trinajstić information content (AvgIpc) is 2.73. The van der Waals surface area contributed by atoms with Crippen LogP contribution in [0.1, 0.15) is 59.3 Å². The molecule has 0 bridgehead atoms. The molecule has 0 aromatic rings. The Hall–Kier alpha value is -0.570. The number of carbonyl (C=O) groups is 1. The zero-order valence-corrected chi connectivity index (χ0v) is 11.4. The van der Waals surface area contributed by atoms with Crippen molar-refractivity contribution < 1.29 is 4.79 Å². The maximum atomic E-state index is 11.3. The maximum Gasteiger partial charge on any atom is 0.234 e. The van der Waals surface area contributed by atoms with Gasteiger partial charge in [0.25, 0.3) is 0 Å². The first-order chi connectivity index (χ1) is 7.95. The highest BCUT2D eigenvalue weighted by atomic mass is 16.1. The molecular weight excluding hydrogens is 212 g/mol. The lowest BCUT2D eigenvalue weighted by molar-refractivity contribution is -0.120. The molecular formula is C14H26N2O. The molecule has 0 aromatic carbocycles. The monoisotopic (exact) mass is 238 g/mol. The smallest absolute Gasteiger partial charge is 0.234 e. The molecule has 1 heterocycles. The lowest BCUT2D eigenvalue weighted by Gasteiger charge is -2.25. The van der Waals surface area contributed by atoms with Crippen molar-refractivity contribution in [2.75, 3.05) is 0 Å². The van der Waals surface area contributed by atoms with Crippen molar-refractivity contribution in [3.05, 3.63) is 0 Å². The van der Waals surface area contributed by atoms with Crippen LogP contribution in [0.4, 0.5) is 0 Å². The third kappa shape index (κ3) is 1.99. The number of hydrogen-bond acceptors (Lipinski definition) is 2. The minimum atomic E-state index is -0.182. The summed E-state index contributed by atoms with van der Waals surface area (Å²) in [7, 11) is 0. The molecule has 1 saturated carbocycles. The normalized spacial score (nSPS) is 41.0. The average molecular weight is 238 g/mol. The fourth-order valence-electron chi connectivity index (χ4n) is 3.89. The SMILES string of the molecule is CCCCC[C@H](C)C12CC1(C)CC(C(N)=O)N2. The first-order valence-electron chi connectivity index (χ1n) is 7.02. The van der Waals surface area contributed by atoms with Gasteiger partial charge in [0, 0.05) is 5.54 Å². The molecule has 1 aliphatic carbocycles. The van der Waals surface area contributed by atoms with Gasteiger partial charge in [-0.15, -0.1) is 0 Å². The van der Waals surface area contributed by atoms with E-state index < -0.39 is 0 Å². The van der Waals surface area contributed by atoms with Crippen molar-refractivity contribution in [3.63, 3.8) is 0 Å². The summed E-state index contributed by atoms with van der Waals surface area (Å²) >= 11 is 0. The van der Waals surface area contributed by atoms with Crippen molar-refractivity contribution >= 4 is 5.91 Å². The third-order valence-electron chi connectivity index (χ3n) is 5.13. The first-order valence-corrected chi connectivity index (χ1v) is 7.02. The Balaban J connectivity index is 1.94. The molecule has 1 amide bonds. The highest BCUT2D eigenvalue weighted by Gasteiger charge is 2.71. The Morgan fingerprint density at radius 2 is 2.24 bits per heavy atom. The predicted octanol–water partition coefficient (Wildman–Crippen LogP) is 2.20. The topological polar surface area (TPSA) is 55.1 Å². The Labute approximate surface area is 105 Å². The van der Waals surface area contributed by atoms with E-state index in [1.54, 1.807) is 0 Å². The van der Waals surface area contributed by atoms with Gasteiger partial charge < -0.3 is 5.73 Å². The largest absolute Gasteiger partial charge is 0.368 e. The fourth-order valence-corrected chi connectivity index (χ4v) is 3.89. The van der Waals surface area contributed by atoms with Crippen LogP contribution < -0.4 is 11.1 Å². The van der Waals surface area contributed by atoms with Crippen molar-refractivity contribution in [3.8, 4) is 0 Å². The first kappa shape index (κ1) is 12.9. The van der Waals surface area contributed by atoms with Crippen LogP contribution in [0.5, 0.6) is 0 Å². The molecule has 1 saturated heterocycles. The summed E-state index contributed by atoms with van der Waals surface area (Å²) in [6, 6.07) is -0.0950. The molecule has 2 aliphatic rings. The molecule has 3 unspecified atom stereocenters. The predicted molar refractivity (Wildman–Crippen MR) is 69.5 cm³/mol. The van der Waals surface area contributed by atoms with Gasteiger partial charge in [0.1, 0.15) is 0 Å². The van der Waals surface area contributed by atoms with E-state index in [1.165, 1.54) is 32.1 Å². The van der Waals surface area contributed by atoms with Gasteiger partial charge in [-0.05, 0) is 30.6 Å². The number of unbranched alkanes of at least 4 members (excludes halogenated alkanes) is 2. The van der Waals surface area contributed by atoms with Crippen molar-refractivity contribution in [1.82, 2.24) is 5.32 Å².